The Morgan fingerprint density at radius 3 is 1.90 bits per heavy atom. The molecule has 2 N–H and O–H groups in total. The lowest BCUT2D eigenvalue weighted by atomic mass is 9.87. The van der Waals surface area contributed by atoms with Gasteiger partial charge in [-0.1, -0.05) is 33.8 Å². The van der Waals surface area contributed by atoms with Gasteiger partial charge in [-0.15, -0.1) is 0 Å². The third-order valence-corrected chi connectivity index (χ3v) is 3.08. The summed E-state index contributed by atoms with van der Waals surface area (Å²) in [5, 5.41) is 18.8. The Labute approximate surface area is 119 Å². The zero-order valence-electron chi connectivity index (χ0n) is 12.4. The van der Waals surface area contributed by atoms with Crippen LogP contribution in [-0.2, 0) is 12.8 Å². The van der Waals surface area contributed by atoms with Crippen molar-refractivity contribution in [3.8, 4) is 0 Å². The predicted molar refractivity (Wildman–Crippen MR) is 77.4 cm³/mol. The van der Waals surface area contributed by atoms with Crippen molar-refractivity contribution >= 4 is 11.9 Å². The van der Waals surface area contributed by atoms with E-state index < -0.39 is 11.9 Å². The summed E-state index contributed by atoms with van der Waals surface area (Å²) in [5.41, 5.74) is 1.43. The van der Waals surface area contributed by atoms with Crippen LogP contribution in [0.5, 0.6) is 0 Å². The molecule has 0 unspecified atom stereocenters. The summed E-state index contributed by atoms with van der Waals surface area (Å²) >= 11 is 0. The maximum Gasteiger partial charge on any atom is 0.336 e. The summed E-state index contributed by atoms with van der Waals surface area (Å²) in [7, 11) is 0. The second-order valence-corrected chi connectivity index (χ2v) is 5.93. The van der Waals surface area contributed by atoms with Gasteiger partial charge in [-0.05, 0) is 41.9 Å². The van der Waals surface area contributed by atoms with E-state index in [-0.39, 0.29) is 17.0 Å². The molecule has 0 aliphatic carbocycles. The zero-order chi connectivity index (χ0) is 15.4. The summed E-state index contributed by atoms with van der Waals surface area (Å²) < 4.78 is 0. The van der Waals surface area contributed by atoms with Gasteiger partial charge in [0, 0.05) is 0 Å². The van der Waals surface area contributed by atoms with E-state index in [0.717, 1.165) is 0 Å². The Morgan fingerprint density at radius 2 is 1.50 bits per heavy atom. The van der Waals surface area contributed by atoms with Gasteiger partial charge in [-0.3, -0.25) is 0 Å². The van der Waals surface area contributed by atoms with Crippen molar-refractivity contribution < 1.29 is 19.8 Å². The fourth-order valence-corrected chi connectivity index (χ4v) is 2.39. The van der Waals surface area contributed by atoms with Crippen LogP contribution in [0.15, 0.2) is 12.1 Å². The summed E-state index contributed by atoms with van der Waals surface area (Å²) in [4.78, 5) is 22.9. The van der Waals surface area contributed by atoms with E-state index in [2.05, 4.69) is 0 Å². The van der Waals surface area contributed by atoms with Crippen LogP contribution >= 0.6 is 0 Å². The van der Waals surface area contributed by atoms with Gasteiger partial charge in [0.25, 0.3) is 0 Å². The molecular formula is C16H22O4. The molecule has 0 aliphatic heterocycles. The Morgan fingerprint density at radius 1 is 0.950 bits per heavy atom. The van der Waals surface area contributed by atoms with Gasteiger partial charge in [0.05, 0.1) is 11.1 Å². The van der Waals surface area contributed by atoms with Gasteiger partial charge < -0.3 is 10.2 Å². The normalized spacial score (nSPS) is 11.1. The van der Waals surface area contributed by atoms with Crippen LogP contribution in [0.4, 0.5) is 0 Å². The molecule has 1 rings (SSSR count). The fourth-order valence-electron chi connectivity index (χ4n) is 2.39. The minimum atomic E-state index is -1.07. The number of carboxylic acid groups (broad SMARTS) is 2. The molecule has 1 aromatic carbocycles. The van der Waals surface area contributed by atoms with Gasteiger partial charge >= 0.3 is 11.9 Å². The number of rotatable bonds is 6. The van der Waals surface area contributed by atoms with Crippen LogP contribution in [0.2, 0.25) is 0 Å². The number of carboxylic acids is 2. The molecule has 20 heavy (non-hydrogen) atoms. The molecule has 0 atom stereocenters. The molecule has 0 radical (unpaired) electrons. The van der Waals surface area contributed by atoms with Gasteiger partial charge in [-0.25, -0.2) is 9.59 Å². The second-order valence-electron chi connectivity index (χ2n) is 5.93. The van der Waals surface area contributed by atoms with E-state index in [9.17, 15) is 19.8 Å². The third kappa shape index (κ3) is 3.83. The molecule has 1 aromatic rings. The van der Waals surface area contributed by atoms with Gasteiger partial charge in [0.1, 0.15) is 0 Å². The first-order valence-corrected chi connectivity index (χ1v) is 6.85. The maximum absolute atomic E-state index is 11.6. The zero-order valence-corrected chi connectivity index (χ0v) is 12.4. The van der Waals surface area contributed by atoms with Crippen molar-refractivity contribution in [3.63, 3.8) is 0 Å². The number of aromatic carboxylic acids is 2. The van der Waals surface area contributed by atoms with E-state index >= 15 is 0 Å². The number of benzene rings is 1. The monoisotopic (exact) mass is 278 g/mol. The third-order valence-electron chi connectivity index (χ3n) is 3.08. The minimum absolute atomic E-state index is 0.101. The van der Waals surface area contributed by atoms with E-state index in [1.54, 1.807) is 6.07 Å². The average molecular weight is 278 g/mol. The van der Waals surface area contributed by atoms with Crippen LogP contribution in [0.1, 0.15) is 59.5 Å². The molecule has 0 aromatic heterocycles. The fraction of sp³-hybridized carbons (Fsp3) is 0.500. The Hall–Kier alpha value is -1.84. The summed E-state index contributed by atoms with van der Waals surface area (Å²) in [5.74, 6) is -1.60. The predicted octanol–water partition coefficient (Wildman–Crippen LogP) is 3.48. The largest absolute Gasteiger partial charge is 0.478 e. The summed E-state index contributed by atoms with van der Waals surface area (Å²) in [6.07, 6.45) is 1.09. The molecule has 0 saturated carbocycles. The van der Waals surface area contributed by atoms with Crippen molar-refractivity contribution in [1.82, 2.24) is 0 Å². The quantitative estimate of drug-likeness (QED) is 0.835. The van der Waals surface area contributed by atoms with Crippen LogP contribution in [0.25, 0.3) is 0 Å². The molecule has 0 aliphatic rings. The molecule has 0 spiro atoms. The molecule has 0 bridgehead atoms. The Bertz CT molecular complexity index is 515. The Kier molecular flexibility index (Phi) is 5.31. The highest BCUT2D eigenvalue weighted by Crippen LogP contribution is 2.25. The highest BCUT2D eigenvalue weighted by molar-refractivity contribution is 5.97. The lowest BCUT2D eigenvalue weighted by molar-refractivity contribution is 0.0694. The molecule has 0 saturated heterocycles. The van der Waals surface area contributed by atoms with Crippen molar-refractivity contribution in [2.45, 2.75) is 40.5 Å². The maximum atomic E-state index is 11.6. The topological polar surface area (TPSA) is 74.6 Å². The molecule has 0 fully saturated rings. The first-order valence-electron chi connectivity index (χ1n) is 6.85. The molecular weight excluding hydrogens is 256 g/mol. The van der Waals surface area contributed by atoms with E-state index in [1.165, 1.54) is 6.07 Å². The van der Waals surface area contributed by atoms with Crippen molar-refractivity contribution in [1.29, 1.82) is 0 Å². The van der Waals surface area contributed by atoms with Gasteiger partial charge in [0.2, 0.25) is 0 Å². The van der Waals surface area contributed by atoms with Crippen LogP contribution in [0, 0.1) is 11.8 Å². The van der Waals surface area contributed by atoms with Crippen LogP contribution in [0.3, 0.4) is 0 Å². The van der Waals surface area contributed by atoms with E-state index in [4.69, 9.17) is 0 Å². The van der Waals surface area contributed by atoms with Crippen molar-refractivity contribution in [2.75, 3.05) is 0 Å². The molecule has 0 heterocycles. The highest BCUT2D eigenvalue weighted by atomic mass is 16.4. The molecule has 0 amide bonds. The summed E-state index contributed by atoms with van der Waals surface area (Å²) in [6.45, 7) is 7.93. The smallest absolute Gasteiger partial charge is 0.336 e. The molecule has 4 heteroatoms. The molecule has 4 nitrogen and oxygen atoms in total. The van der Waals surface area contributed by atoms with Crippen molar-refractivity contribution in [3.05, 3.63) is 34.4 Å². The molecule has 110 valence electrons. The number of hydrogen-bond donors (Lipinski definition) is 2. The minimum Gasteiger partial charge on any atom is -0.478 e. The first kappa shape index (κ1) is 16.2. The standard InChI is InChI=1S/C16H22O4/c1-9(2)7-11-5-6-12(15(17)18)13(8-10(3)4)14(11)16(19)20/h5-6,9-10H,7-8H2,1-4H3,(H,17,18)(H,19,20). The highest BCUT2D eigenvalue weighted by Gasteiger charge is 2.22. The SMILES string of the molecule is CC(C)Cc1ccc(C(=O)O)c(CC(C)C)c1C(=O)O. The Balaban J connectivity index is 3.51. The average Bonchev–Trinajstić information content (AvgIpc) is 2.26. The van der Waals surface area contributed by atoms with Gasteiger partial charge in [-0.2, -0.15) is 0 Å². The lowest BCUT2D eigenvalue weighted by Gasteiger charge is -2.17. The van der Waals surface area contributed by atoms with Crippen molar-refractivity contribution in [2.24, 2.45) is 11.8 Å². The lowest BCUT2D eigenvalue weighted by Crippen LogP contribution is -2.15. The number of carbonyl (C=O) groups is 2. The van der Waals surface area contributed by atoms with E-state index in [1.807, 2.05) is 27.7 Å². The number of hydrogen-bond acceptors (Lipinski definition) is 2. The van der Waals surface area contributed by atoms with E-state index in [0.29, 0.717) is 29.9 Å². The van der Waals surface area contributed by atoms with Crippen LogP contribution < -0.4 is 0 Å². The van der Waals surface area contributed by atoms with Gasteiger partial charge in [0.15, 0.2) is 0 Å². The first-order chi connectivity index (χ1) is 9.23. The van der Waals surface area contributed by atoms with Crippen LogP contribution in [-0.4, -0.2) is 22.2 Å². The summed E-state index contributed by atoms with van der Waals surface area (Å²) in [6, 6.07) is 3.17. The second kappa shape index (κ2) is 6.55.